The van der Waals surface area contributed by atoms with Crippen LogP contribution in [0.1, 0.15) is 62.3 Å². The molecular formula is C45H60N4O5Si. The van der Waals surface area contributed by atoms with Gasteiger partial charge in [-0.3, -0.25) is 14.9 Å². The summed E-state index contributed by atoms with van der Waals surface area (Å²) in [7, 11) is 0.260. The number of alkyl carbamates (subject to hydrolysis) is 1. The Hall–Kier alpha value is -4.93. The van der Waals surface area contributed by atoms with Crippen LogP contribution in [-0.2, 0) is 26.3 Å². The number of hydrogen-bond donors (Lipinski definition) is 4. The van der Waals surface area contributed by atoms with E-state index in [1.807, 2.05) is 86.6 Å². The van der Waals surface area contributed by atoms with E-state index in [1.54, 1.807) is 7.11 Å². The summed E-state index contributed by atoms with van der Waals surface area (Å²) in [6.07, 6.45) is 2.01. The summed E-state index contributed by atoms with van der Waals surface area (Å²) in [4.78, 5) is 40.3. The largest absolute Gasteiger partial charge is 0.497 e. The maximum absolute atomic E-state index is 13.8. The second kappa shape index (κ2) is 20.7. The molecule has 0 aliphatic rings. The zero-order chi connectivity index (χ0) is 39.8. The van der Waals surface area contributed by atoms with Crippen molar-refractivity contribution in [3.63, 3.8) is 0 Å². The molecule has 294 valence electrons. The number of carbonyl (C=O) groups excluding carboxylic acids is 3. The average Bonchev–Trinajstić information content (AvgIpc) is 3.18. The summed E-state index contributed by atoms with van der Waals surface area (Å²) in [6, 6.07) is 35.7. The number of rotatable bonds is 20. The molecule has 0 spiro atoms. The molecule has 2 atom stereocenters. The summed E-state index contributed by atoms with van der Waals surface area (Å²) in [5.41, 5.74) is 4.41. The van der Waals surface area contributed by atoms with Gasteiger partial charge in [-0.05, 0) is 90.7 Å². The van der Waals surface area contributed by atoms with Crippen LogP contribution in [0.5, 0.6) is 5.75 Å². The van der Waals surface area contributed by atoms with Crippen molar-refractivity contribution in [2.75, 3.05) is 25.6 Å². The number of nitrogens with one attached hydrogen (secondary N) is 4. The maximum Gasteiger partial charge on any atom is 0.407 e. The fourth-order valence-corrected chi connectivity index (χ4v) is 7.22. The minimum atomic E-state index is -1.40. The predicted octanol–water partition coefficient (Wildman–Crippen LogP) is 8.52. The van der Waals surface area contributed by atoms with E-state index in [1.165, 1.54) is 0 Å². The fraction of sp³-hybridized carbons (Fsp3) is 0.400. The highest BCUT2D eigenvalue weighted by Crippen LogP contribution is 2.37. The van der Waals surface area contributed by atoms with Gasteiger partial charge in [0.15, 0.2) is 0 Å². The molecule has 55 heavy (non-hydrogen) atoms. The lowest BCUT2D eigenvalue weighted by molar-refractivity contribution is -0.128. The van der Waals surface area contributed by atoms with Crippen molar-refractivity contribution in [2.45, 2.75) is 89.8 Å². The zero-order valence-corrected chi connectivity index (χ0v) is 34.6. The fourth-order valence-electron chi connectivity index (χ4n) is 6.51. The number of benzene rings is 4. The average molecular weight is 765 g/mol. The minimum Gasteiger partial charge on any atom is -0.497 e. The van der Waals surface area contributed by atoms with E-state index in [0.29, 0.717) is 31.7 Å². The molecule has 9 nitrogen and oxygen atoms in total. The van der Waals surface area contributed by atoms with Crippen LogP contribution in [-0.4, -0.2) is 58.3 Å². The normalized spacial score (nSPS) is 12.7. The van der Waals surface area contributed by atoms with E-state index in [-0.39, 0.29) is 11.8 Å². The van der Waals surface area contributed by atoms with Crippen LogP contribution in [0.3, 0.4) is 0 Å². The first-order valence-electron chi connectivity index (χ1n) is 19.5. The van der Waals surface area contributed by atoms with Crippen molar-refractivity contribution < 1.29 is 23.9 Å². The Morgan fingerprint density at radius 1 is 0.727 bits per heavy atom. The van der Waals surface area contributed by atoms with Gasteiger partial charge in [0.25, 0.3) is 0 Å². The van der Waals surface area contributed by atoms with Gasteiger partial charge in [-0.2, -0.15) is 0 Å². The highest BCUT2D eigenvalue weighted by Gasteiger charge is 2.36. The second-order valence-electron chi connectivity index (χ2n) is 15.5. The first-order valence-corrected chi connectivity index (χ1v) is 23.2. The third kappa shape index (κ3) is 12.5. The lowest BCUT2D eigenvalue weighted by Crippen LogP contribution is -2.54. The SMILES string of the molecule is CCc1ccc(NC(=O)[C@H](CCCCNC(c2ccccc2)(c2ccccc2)c2ccc(OC)cc2)NC(=O)[C@@H](NC(=O)OCC[Si](C)(C)C)C(C)C)cc1. The third-order valence-electron chi connectivity index (χ3n) is 9.82. The lowest BCUT2D eigenvalue weighted by Gasteiger charge is -2.37. The van der Waals surface area contributed by atoms with Crippen molar-refractivity contribution >= 4 is 31.7 Å². The third-order valence-corrected chi connectivity index (χ3v) is 11.5. The first kappa shape index (κ1) is 42.8. The van der Waals surface area contributed by atoms with Gasteiger partial charge >= 0.3 is 6.09 Å². The Morgan fingerprint density at radius 3 is 1.84 bits per heavy atom. The summed E-state index contributed by atoms with van der Waals surface area (Å²) >= 11 is 0. The number of ether oxygens (including phenoxy) is 2. The van der Waals surface area contributed by atoms with Crippen molar-refractivity contribution in [2.24, 2.45) is 5.92 Å². The van der Waals surface area contributed by atoms with E-state index in [9.17, 15) is 14.4 Å². The monoisotopic (exact) mass is 764 g/mol. The number of methoxy groups -OCH3 is 1. The van der Waals surface area contributed by atoms with Crippen LogP contribution in [0, 0.1) is 5.92 Å². The molecule has 0 saturated heterocycles. The molecular weight excluding hydrogens is 705 g/mol. The van der Waals surface area contributed by atoms with Gasteiger partial charge in [0, 0.05) is 13.8 Å². The van der Waals surface area contributed by atoms with E-state index in [0.717, 1.165) is 46.9 Å². The van der Waals surface area contributed by atoms with Gasteiger partial charge in [-0.1, -0.05) is 125 Å². The number of amides is 3. The predicted molar refractivity (Wildman–Crippen MR) is 225 cm³/mol. The Bertz CT molecular complexity index is 1740. The molecule has 4 rings (SSSR count). The summed E-state index contributed by atoms with van der Waals surface area (Å²) < 4.78 is 10.9. The Labute approximate surface area is 329 Å². The van der Waals surface area contributed by atoms with Gasteiger partial charge in [-0.15, -0.1) is 0 Å². The van der Waals surface area contributed by atoms with Crippen molar-refractivity contribution in [3.05, 3.63) is 131 Å². The zero-order valence-electron chi connectivity index (χ0n) is 33.6. The van der Waals surface area contributed by atoms with Crippen LogP contribution >= 0.6 is 0 Å². The van der Waals surface area contributed by atoms with E-state index >= 15 is 0 Å². The summed E-state index contributed by atoms with van der Waals surface area (Å²) in [5.74, 6) is -0.197. The molecule has 0 unspecified atom stereocenters. The van der Waals surface area contributed by atoms with Gasteiger partial charge in [0.1, 0.15) is 17.8 Å². The number of hydrogen-bond acceptors (Lipinski definition) is 6. The van der Waals surface area contributed by atoms with E-state index < -0.39 is 37.7 Å². The maximum atomic E-state index is 13.8. The molecule has 4 N–H and O–H groups in total. The van der Waals surface area contributed by atoms with Crippen molar-refractivity contribution in [1.29, 1.82) is 0 Å². The van der Waals surface area contributed by atoms with Crippen LogP contribution < -0.4 is 26.0 Å². The Balaban J connectivity index is 1.52. The van der Waals surface area contributed by atoms with Crippen LogP contribution in [0.25, 0.3) is 0 Å². The quantitative estimate of drug-likeness (QED) is 0.0408. The van der Waals surface area contributed by atoms with E-state index in [4.69, 9.17) is 9.47 Å². The number of anilines is 1. The lowest BCUT2D eigenvalue weighted by atomic mass is 9.77. The number of aryl methyl sites for hydroxylation is 1. The summed E-state index contributed by atoms with van der Waals surface area (Å²) in [6.45, 7) is 13.4. The topological polar surface area (TPSA) is 118 Å². The molecule has 3 amide bonds. The standard InChI is InChI=1S/C45H60N4O5Si/c1-8-34-22-26-38(27-23-34)47-42(50)40(48-43(51)41(33(2)3)49-44(52)54-31-32-55(5,6)7)21-15-16-30-46-45(35-17-11-9-12-18-35,36-19-13-10-14-20-36)37-24-28-39(53-4)29-25-37/h9-14,17-20,22-29,33,40-41,46H,8,15-16,21,30-32H2,1-7H3,(H,47,50)(H,48,51)(H,49,52)/t40-,41-/m0/s1. The Kier molecular flexibility index (Phi) is 16.1. The van der Waals surface area contributed by atoms with Crippen molar-refractivity contribution in [3.8, 4) is 5.75 Å². The second-order valence-corrected chi connectivity index (χ2v) is 21.2. The smallest absolute Gasteiger partial charge is 0.407 e. The molecule has 0 bridgehead atoms. The molecule has 0 aliphatic heterocycles. The number of unbranched alkanes of at least 4 members (excludes halogenated alkanes) is 1. The Morgan fingerprint density at radius 2 is 1.31 bits per heavy atom. The molecule has 4 aromatic carbocycles. The molecule has 0 radical (unpaired) electrons. The molecule has 0 saturated carbocycles. The van der Waals surface area contributed by atoms with Crippen LogP contribution in [0.2, 0.25) is 25.7 Å². The van der Waals surface area contributed by atoms with Crippen LogP contribution in [0.4, 0.5) is 10.5 Å². The molecule has 0 aliphatic carbocycles. The molecule has 0 fully saturated rings. The van der Waals surface area contributed by atoms with Crippen molar-refractivity contribution in [1.82, 2.24) is 16.0 Å². The molecule has 4 aromatic rings. The molecule has 0 heterocycles. The van der Waals surface area contributed by atoms with Gasteiger partial charge < -0.3 is 25.4 Å². The van der Waals surface area contributed by atoms with Crippen LogP contribution in [0.15, 0.2) is 109 Å². The minimum absolute atomic E-state index is 0.235. The van der Waals surface area contributed by atoms with Gasteiger partial charge in [0.2, 0.25) is 11.8 Å². The first-order chi connectivity index (χ1) is 26.4. The number of carbonyl (C=O) groups is 3. The van der Waals surface area contributed by atoms with Gasteiger partial charge in [0.05, 0.1) is 19.3 Å². The molecule has 10 heteroatoms. The van der Waals surface area contributed by atoms with Gasteiger partial charge in [-0.25, -0.2) is 4.79 Å². The highest BCUT2D eigenvalue weighted by molar-refractivity contribution is 6.76. The summed E-state index contributed by atoms with van der Waals surface area (Å²) in [5, 5.41) is 12.6. The molecule has 0 aromatic heterocycles. The highest BCUT2D eigenvalue weighted by atomic mass is 28.3. The van der Waals surface area contributed by atoms with E-state index in [2.05, 4.69) is 84.2 Å².